The van der Waals surface area contributed by atoms with Gasteiger partial charge in [0.1, 0.15) is 5.82 Å². The summed E-state index contributed by atoms with van der Waals surface area (Å²) in [5.74, 6) is 5.55. The molecule has 1 saturated carbocycles. The maximum Gasteiger partial charge on any atom is 0.240 e. The summed E-state index contributed by atoms with van der Waals surface area (Å²) in [4.78, 5) is 6.25. The van der Waals surface area contributed by atoms with E-state index < -0.39 is 10.0 Å². The van der Waals surface area contributed by atoms with Gasteiger partial charge >= 0.3 is 0 Å². The lowest BCUT2D eigenvalue weighted by Gasteiger charge is -2.24. The molecule has 0 amide bonds. The molecule has 0 aliphatic heterocycles. The topological polar surface area (TPSA) is 100 Å². The fourth-order valence-electron chi connectivity index (χ4n) is 1.96. The van der Waals surface area contributed by atoms with Crippen LogP contribution in [0.1, 0.15) is 19.8 Å². The average molecular weight is 299 g/mol. The number of nitrogens with zero attached hydrogens (tertiary/aromatic N) is 2. The number of hydrogen-bond donors (Lipinski definition) is 3. The highest BCUT2D eigenvalue weighted by Crippen LogP contribution is 2.26. The molecule has 112 valence electrons. The third kappa shape index (κ3) is 3.66. The van der Waals surface area contributed by atoms with Crippen LogP contribution in [0.5, 0.6) is 0 Å². The Kier molecular flexibility index (Phi) is 4.59. The van der Waals surface area contributed by atoms with Gasteiger partial charge in [-0.05, 0) is 32.9 Å². The first-order chi connectivity index (χ1) is 9.44. The third-order valence-electron chi connectivity index (χ3n) is 3.58. The fourth-order valence-corrected chi connectivity index (χ4v) is 3.09. The van der Waals surface area contributed by atoms with E-state index in [-0.39, 0.29) is 10.9 Å². The van der Waals surface area contributed by atoms with Crippen LogP contribution in [-0.4, -0.2) is 44.0 Å². The summed E-state index contributed by atoms with van der Waals surface area (Å²) in [5, 5.41) is 0. The van der Waals surface area contributed by atoms with Crippen molar-refractivity contribution in [1.82, 2.24) is 14.6 Å². The molecular formula is C12H21N5O2S. The zero-order chi connectivity index (χ0) is 14.8. The van der Waals surface area contributed by atoms with Crippen LogP contribution in [0.2, 0.25) is 0 Å². The van der Waals surface area contributed by atoms with Gasteiger partial charge in [0.15, 0.2) is 0 Å². The summed E-state index contributed by atoms with van der Waals surface area (Å²) < 4.78 is 27.0. The Morgan fingerprint density at radius 2 is 2.25 bits per heavy atom. The van der Waals surface area contributed by atoms with E-state index >= 15 is 0 Å². The van der Waals surface area contributed by atoms with Crippen LogP contribution in [0.4, 0.5) is 5.82 Å². The zero-order valence-corrected chi connectivity index (χ0v) is 12.5. The molecule has 0 saturated heterocycles. The fraction of sp³-hybridized carbons (Fsp3) is 0.583. The predicted octanol–water partition coefficient (Wildman–Crippen LogP) is 0.128. The first kappa shape index (κ1) is 15.2. The second-order valence-electron chi connectivity index (χ2n) is 5.12. The molecule has 0 radical (unpaired) electrons. The van der Waals surface area contributed by atoms with E-state index in [1.54, 1.807) is 0 Å². The maximum atomic E-state index is 12.2. The quantitative estimate of drug-likeness (QED) is 0.489. The first-order valence-electron chi connectivity index (χ1n) is 6.58. The normalized spacial score (nSPS) is 17.2. The second-order valence-corrected chi connectivity index (χ2v) is 6.89. The first-order valence-corrected chi connectivity index (χ1v) is 8.06. The Morgan fingerprint density at radius 3 is 2.85 bits per heavy atom. The number of likely N-dealkylation sites (N-methyl/N-ethyl adjacent to an activating group) is 1. The van der Waals surface area contributed by atoms with Crippen molar-refractivity contribution in [3.63, 3.8) is 0 Å². The maximum absolute atomic E-state index is 12.2. The number of hydrogen-bond acceptors (Lipinski definition) is 6. The molecule has 1 aliphatic carbocycles. The van der Waals surface area contributed by atoms with Gasteiger partial charge in [-0.15, -0.1) is 0 Å². The summed E-state index contributed by atoms with van der Waals surface area (Å²) in [6.45, 7) is 2.39. The van der Waals surface area contributed by atoms with Gasteiger partial charge in [-0.25, -0.2) is 24.0 Å². The van der Waals surface area contributed by atoms with Gasteiger partial charge in [0, 0.05) is 30.9 Å². The Morgan fingerprint density at radius 1 is 1.55 bits per heavy atom. The predicted molar refractivity (Wildman–Crippen MR) is 77.5 cm³/mol. The Bertz CT molecular complexity index is 559. The molecule has 1 atom stereocenters. The number of nitrogen functional groups attached to an aromatic ring is 1. The molecule has 1 heterocycles. The molecule has 1 fully saturated rings. The van der Waals surface area contributed by atoms with E-state index in [9.17, 15) is 8.42 Å². The Labute approximate surface area is 119 Å². The number of sulfonamides is 1. The SMILES string of the molecule is CC(CNS(=O)(=O)c1ccnc(NN)c1)N(C)C1CC1. The van der Waals surface area contributed by atoms with E-state index in [0.29, 0.717) is 18.4 Å². The minimum absolute atomic E-state index is 0.154. The minimum Gasteiger partial charge on any atom is -0.308 e. The van der Waals surface area contributed by atoms with Crippen molar-refractivity contribution in [2.75, 3.05) is 19.0 Å². The Balaban J connectivity index is 1.99. The molecule has 0 bridgehead atoms. The molecule has 1 unspecified atom stereocenters. The molecule has 0 aromatic carbocycles. The van der Waals surface area contributed by atoms with Crippen molar-refractivity contribution < 1.29 is 8.42 Å². The number of nitrogens with two attached hydrogens (primary N) is 1. The molecule has 4 N–H and O–H groups in total. The molecule has 7 nitrogen and oxygen atoms in total. The molecule has 8 heteroatoms. The lowest BCUT2D eigenvalue weighted by molar-refractivity contribution is 0.248. The summed E-state index contributed by atoms with van der Waals surface area (Å²) in [5.41, 5.74) is 2.33. The van der Waals surface area contributed by atoms with Gasteiger partial charge in [-0.2, -0.15) is 0 Å². The van der Waals surface area contributed by atoms with Crippen LogP contribution in [-0.2, 0) is 10.0 Å². The highest BCUT2D eigenvalue weighted by molar-refractivity contribution is 7.89. The summed E-state index contributed by atoms with van der Waals surface area (Å²) in [6, 6.07) is 3.60. The molecule has 2 rings (SSSR count). The van der Waals surface area contributed by atoms with Gasteiger partial charge in [-0.1, -0.05) is 0 Å². The van der Waals surface area contributed by atoms with Crippen molar-refractivity contribution in [3.8, 4) is 0 Å². The smallest absolute Gasteiger partial charge is 0.240 e. The number of nitrogens with one attached hydrogen (secondary N) is 2. The van der Waals surface area contributed by atoms with Crippen LogP contribution >= 0.6 is 0 Å². The highest BCUT2D eigenvalue weighted by Gasteiger charge is 2.29. The van der Waals surface area contributed by atoms with Gasteiger partial charge in [0.25, 0.3) is 0 Å². The van der Waals surface area contributed by atoms with Crippen LogP contribution in [0.15, 0.2) is 23.2 Å². The summed E-state index contributed by atoms with van der Waals surface area (Å²) >= 11 is 0. The number of hydrazine groups is 1. The lowest BCUT2D eigenvalue weighted by Crippen LogP contribution is -2.41. The van der Waals surface area contributed by atoms with E-state index in [1.807, 2.05) is 14.0 Å². The molecular weight excluding hydrogens is 278 g/mol. The van der Waals surface area contributed by atoms with E-state index in [0.717, 1.165) is 0 Å². The van der Waals surface area contributed by atoms with Crippen LogP contribution in [0, 0.1) is 0 Å². The van der Waals surface area contributed by atoms with Gasteiger partial charge in [0.05, 0.1) is 4.90 Å². The van der Waals surface area contributed by atoms with Gasteiger partial charge in [-0.3, -0.25) is 4.90 Å². The lowest BCUT2D eigenvalue weighted by atomic mass is 10.3. The van der Waals surface area contributed by atoms with Crippen molar-refractivity contribution in [1.29, 1.82) is 0 Å². The summed E-state index contributed by atoms with van der Waals surface area (Å²) in [6.07, 6.45) is 3.80. The number of anilines is 1. The molecule has 0 spiro atoms. The largest absolute Gasteiger partial charge is 0.308 e. The van der Waals surface area contributed by atoms with Crippen LogP contribution in [0.25, 0.3) is 0 Å². The molecule has 1 aliphatic rings. The van der Waals surface area contributed by atoms with E-state index in [4.69, 9.17) is 5.84 Å². The number of rotatable bonds is 7. The van der Waals surface area contributed by atoms with E-state index in [2.05, 4.69) is 20.0 Å². The highest BCUT2D eigenvalue weighted by atomic mass is 32.2. The van der Waals surface area contributed by atoms with Crippen molar-refractivity contribution in [2.24, 2.45) is 5.84 Å². The number of aromatic nitrogens is 1. The monoisotopic (exact) mass is 299 g/mol. The third-order valence-corrected chi connectivity index (χ3v) is 5.00. The van der Waals surface area contributed by atoms with Crippen LogP contribution in [0.3, 0.4) is 0 Å². The molecule has 1 aromatic rings. The molecule has 20 heavy (non-hydrogen) atoms. The standard InChI is InChI=1S/C12H21N5O2S/c1-9(17(2)10-3-4-10)8-15-20(18,19)11-5-6-14-12(7-11)16-13/h5-7,9-10,15H,3-4,8,13H2,1-2H3,(H,14,16). The van der Waals surface area contributed by atoms with Crippen molar-refractivity contribution in [2.45, 2.75) is 36.7 Å². The Hall–Kier alpha value is -1.22. The van der Waals surface area contributed by atoms with E-state index in [1.165, 1.54) is 31.2 Å². The summed E-state index contributed by atoms with van der Waals surface area (Å²) in [7, 11) is -1.51. The van der Waals surface area contributed by atoms with Gasteiger partial charge < -0.3 is 5.43 Å². The van der Waals surface area contributed by atoms with Crippen molar-refractivity contribution >= 4 is 15.8 Å². The average Bonchev–Trinajstić information content (AvgIpc) is 3.28. The van der Waals surface area contributed by atoms with Crippen molar-refractivity contribution in [3.05, 3.63) is 18.3 Å². The van der Waals surface area contributed by atoms with Crippen LogP contribution < -0.4 is 16.0 Å². The number of pyridine rings is 1. The zero-order valence-electron chi connectivity index (χ0n) is 11.7. The molecule has 1 aromatic heterocycles. The van der Waals surface area contributed by atoms with Gasteiger partial charge in [0.2, 0.25) is 10.0 Å². The minimum atomic E-state index is -3.54. The second kappa shape index (κ2) is 6.04.